The summed E-state index contributed by atoms with van der Waals surface area (Å²) in [5.41, 5.74) is 3.26. The van der Waals surface area contributed by atoms with E-state index in [0.717, 1.165) is 31.4 Å². The summed E-state index contributed by atoms with van der Waals surface area (Å²) in [5.74, 6) is 5.59. The molecule has 1 heterocycles. The van der Waals surface area contributed by atoms with E-state index in [1.807, 2.05) is 12.1 Å². The molecule has 3 N–H and O–H groups in total. The minimum atomic E-state index is -0.0439. The molecule has 0 saturated heterocycles. The molecule has 1 aliphatic carbocycles. The molecule has 0 bridgehead atoms. The van der Waals surface area contributed by atoms with Crippen molar-refractivity contribution in [3.63, 3.8) is 0 Å². The van der Waals surface area contributed by atoms with Crippen molar-refractivity contribution < 1.29 is 4.79 Å². The van der Waals surface area contributed by atoms with Crippen LogP contribution >= 0.6 is 0 Å². The first-order valence-corrected chi connectivity index (χ1v) is 5.59. The minimum Gasteiger partial charge on any atom is -0.294 e. The highest BCUT2D eigenvalue weighted by atomic mass is 16.2. The quantitative estimate of drug-likeness (QED) is 0.437. The highest BCUT2D eigenvalue weighted by Gasteiger charge is 2.27. The molecule has 0 radical (unpaired) electrons. The highest BCUT2D eigenvalue weighted by Crippen LogP contribution is 2.34. The Kier molecular flexibility index (Phi) is 3.46. The molecule has 0 unspecified atom stereocenters. The van der Waals surface area contributed by atoms with Gasteiger partial charge in [0.15, 0.2) is 0 Å². The van der Waals surface area contributed by atoms with Gasteiger partial charge in [0.2, 0.25) is 5.91 Å². The number of amides is 1. The third-order valence-corrected chi connectivity index (χ3v) is 3.25. The lowest BCUT2D eigenvalue weighted by Gasteiger charge is -2.26. The molecule has 1 aliphatic rings. The first kappa shape index (κ1) is 11.0. The summed E-state index contributed by atoms with van der Waals surface area (Å²) in [6, 6.07) is 3.90. The molecule has 2 rings (SSSR count). The van der Waals surface area contributed by atoms with Gasteiger partial charge in [0.25, 0.3) is 0 Å². The summed E-state index contributed by atoms with van der Waals surface area (Å²) < 4.78 is 0. The maximum Gasteiger partial charge on any atom is 0.236 e. The van der Waals surface area contributed by atoms with Crippen LogP contribution in [0.15, 0.2) is 18.3 Å². The second-order valence-corrected chi connectivity index (χ2v) is 4.21. The Hall–Kier alpha value is -1.49. The van der Waals surface area contributed by atoms with Crippen LogP contribution < -0.4 is 11.3 Å². The van der Waals surface area contributed by atoms with Gasteiger partial charge in [-0.15, -0.1) is 0 Å². The van der Waals surface area contributed by atoms with Crippen LogP contribution in [0.5, 0.6) is 0 Å². The summed E-state index contributed by atoms with van der Waals surface area (Å²) in [6.45, 7) is 0. The highest BCUT2D eigenvalue weighted by molar-refractivity contribution is 5.78. The largest absolute Gasteiger partial charge is 0.294 e. The first-order valence-electron chi connectivity index (χ1n) is 5.59. The van der Waals surface area contributed by atoms with Crippen molar-refractivity contribution in [1.29, 1.82) is 0 Å². The molecule has 5 nitrogen and oxygen atoms in total. The van der Waals surface area contributed by atoms with E-state index in [0.29, 0.717) is 5.92 Å². The Morgan fingerprint density at radius 3 is 2.69 bits per heavy atom. The van der Waals surface area contributed by atoms with E-state index in [2.05, 4.69) is 15.6 Å². The third-order valence-electron chi connectivity index (χ3n) is 3.25. The van der Waals surface area contributed by atoms with Gasteiger partial charge in [-0.2, -0.15) is 10.2 Å². The first-order chi connectivity index (χ1) is 7.81. The van der Waals surface area contributed by atoms with Crippen molar-refractivity contribution in [2.75, 3.05) is 0 Å². The standard InChI is InChI=1S/C11H16N4O/c12-14-11(16)9-5-3-8(4-6-9)10-2-1-7-13-15-10/h1-2,7-9H,3-6,12H2,(H,14,16). The third kappa shape index (κ3) is 2.36. The lowest BCUT2D eigenvalue weighted by Crippen LogP contribution is -2.37. The predicted molar refractivity (Wildman–Crippen MR) is 59.1 cm³/mol. The zero-order valence-electron chi connectivity index (χ0n) is 9.10. The van der Waals surface area contributed by atoms with E-state index >= 15 is 0 Å². The van der Waals surface area contributed by atoms with Gasteiger partial charge in [-0.25, -0.2) is 5.84 Å². The van der Waals surface area contributed by atoms with Crippen LogP contribution in [-0.2, 0) is 4.79 Å². The normalized spacial score (nSPS) is 25.1. The smallest absolute Gasteiger partial charge is 0.236 e. The monoisotopic (exact) mass is 220 g/mol. The number of hydrogen-bond donors (Lipinski definition) is 2. The lowest BCUT2D eigenvalue weighted by molar-refractivity contribution is -0.126. The van der Waals surface area contributed by atoms with Crippen molar-refractivity contribution in [3.05, 3.63) is 24.0 Å². The summed E-state index contributed by atoms with van der Waals surface area (Å²) in [5, 5.41) is 8.00. The molecular formula is C11H16N4O. The van der Waals surface area contributed by atoms with Crippen LogP contribution in [0.2, 0.25) is 0 Å². The van der Waals surface area contributed by atoms with E-state index in [1.165, 1.54) is 0 Å². The zero-order chi connectivity index (χ0) is 11.4. The predicted octanol–water partition coefficient (Wildman–Crippen LogP) is 0.740. The number of aromatic nitrogens is 2. The van der Waals surface area contributed by atoms with E-state index in [9.17, 15) is 4.79 Å². The van der Waals surface area contributed by atoms with Gasteiger partial charge in [0.05, 0.1) is 5.69 Å². The van der Waals surface area contributed by atoms with Gasteiger partial charge in [-0.3, -0.25) is 10.2 Å². The number of nitrogens with zero attached hydrogens (tertiary/aromatic N) is 2. The fourth-order valence-electron chi connectivity index (χ4n) is 2.30. The molecule has 1 saturated carbocycles. The van der Waals surface area contributed by atoms with Crippen LogP contribution in [-0.4, -0.2) is 16.1 Å². The number of carbonyl (C=O) groups is 1. The second-order valence-electron chi connectivity index (χ2n) is 4.21. The average molecular weight is 220 g/mol. The fraction of sp³-hybridized carbons (Fsp3) is 0.545. The van der Waals surface area contributed by atoms with Crippen molar-refractivity contribution in [2.45, 2.75) is 31.6 Å². The van der Waals surface area contributed by atoms with Gasteiger partial charge in [-0.05, 0) is 37.8 Å². The van der Waals surface area contributed by atoms with Crippen molar-refractivity contribution in [3.8, 4) is 0 Å². The fourth-order valence-corrected chi connectivity index (χ4v) is 2.30. The number of nitrogens with two attached hydrogens (primary N) is 1. The van der Waals surface area contributed by atoms with E-state index < -0.39 is 0 Å². The maximum atomic E-state index is 11.3. The number of carbonyl (C=O) groups excluding carboxylic acids is 1. The molecule has 86 valence electrons. The summed E-state index contributed by atoms with van der Waals surface area (Å²) in [4.78, 5) is 11.3. The van der Waals surface area contributed by atoms with Crippen LogP contribution in [0.1, 0.15) is 37.3 Å². The molecule has 5 heteroatoms. The average Bonchev–Trinajstić information content (AvgIpc) is 2.39. The molecule has 0 aromatic carbocycles. The van der Waals surface area contributed by atoms with E-state index in [1.54, 1.807) is 6.20 Å². The zero-order valence-corrected chi connectivity index (χ0v) is 9.10. The van der Waals surface area contributed by atoms with E-state index in [-0.39, 0.29) is 11.8 Å². The number of hydrogen-bond acceptors (Lipinski definition) is 4. The lowest BCUT2D eigenvalue weighted by atomic mass is 9.80. The Balaban J connectivity index is 1.93. The molecule has 0 aliphatic heterocycles. The molecule has 0 spiro atoms. The van der Waals surface area contributed by atoms with Crippen LogP contribution in [0, 0.1) is 5.92 Å². The van der Waals surface area contributed by atoms with Crippen molar-refractivity contribution in [1.82, 2.24) is 15.6 Å². The van der Waals surface area contributed by atoms with Gasteiger partial charge < -0.3 is 0 Å². The Morgan fingerprint density at radius 2 is 2.12 bits per heavy atom. The minimum absolute atomic E-state index is 0.0439. The summed E-state index contributed by atoms with van der Waals surface area (Å²) >= 11 is 0. The SMILES string of the molecule is NNC(=O)C1CCC(c2cccnn2)CC1. The van der Waals surface area contributed by atoms with Crippen molar-refractivity contribution >= 4 is 5.91 Å². The molecule has 1 fully saturated rings. The van der Waals surface area contributed by atoms with Gasteiger partial charge in [-0.1, -0.05) is 0 Å². The second kappa shape index (κ2) is 5.03. The number of nitrogens with one attached hydrogen (secondary N) is 1. The maximum absolute atomic E-state index is 11.3. The van der Waals surface area contributed by atoms with Crippen LogP contribution in [0.4, 0.5) is 0 Å². The number of hydrazine groups is 1. The van der Waals surface area contributed by atoms with Crippen LogP contribution in [0.25, 0.3) is 0 Å². The number of rotatable bonds is 2. The Morgan fingerprint density at radius 1 is 1.38 bits per heavy atom. The Bertz CT molecular complexity index is 346. The van der Waals surface area contributed by atoms with E-state index in [4.69, 9.17) is 5.84 Å². The molecule has 1 aromatic rings. The molecule has 16 heavy (non-hydrogen) atoms. The molecular weight excluding hydrogens is 204 g/mol. The Labute approximate surface area is 94.4 Å². The van der Waals surface area contributed by atoms with Crippen molar-refractivity contribution in [2.24, 2.45) is 11.8 Å². The summed E-state index contributed by atoms with van der Waals surface area (Å²) in [7, 11) is 0. The summed E-state index contributed by atoms with van der Waals surface area (Å²) in [6.07, 6.45) is 5.40. The van der Waals surface area contributed by atoms with Gasteiger partial charge in [0.1, 0.15) is 0 Å². The molecule has 0 atom stereocenters. The van der Waals surface area contributed by atoms with Crippen LogP contribution in [0.3, 0.4) is 0 Å². The van der Waals surface area contributed by atoms with Gasteiger partial charge in [0, 0.05) is 18.0 Å². The van der Waals surface area contributed by atoms with Gasteiger partial charge >= 0.3 is 0 Å². The molecule has 1 amide bonds. The topological polar surface area (TPSA) is 80.9 Å². The molecule has 1 aromatic heterocycles.